The molecule has 0 atom stereocenters. The average Bonchev–Trinajstić information content (AvgIpc) is 2.52. The fourth-order valence-electron chi connectivity index (χ4n) is 1.87. The summed E-state index contributed by atoms with van der Waals surface area (Å²) >= 11 is 0. The minimum Gasteiger partial charge on any atom is -0.489 e. The van der Waals surface area contributed by atoms with Gasteiger partial charge >= 0.3 is 0 Å². The summed E-state index contributed by atoms with van der Waals surface area (Å²) in [6.07, 6.45) is 0. The topological polar surface area (TPSA) is 53.2 Å². The van der Waals surface area contributed by atoms with Crippen LogP contribution in [0.3, 0.4) is 0 Å². The van der Waals surface area contributed by atoms with Gasteiger partial charge in [-0.25, -0.2) is 0 Å². The van der Waals surface area contributed by atoms with Gasteiger partial charge in [0.2, 0.25) is 0 Å². The van der Waals surface area contributed by atoms with E-state index in [1.165, 1.54) is 0 Å². The molecule has 2 aromatic rings. The summed E-state index contributed by atoms with van der Waals surface area (Å²) in [5.74, 6) is 6.28. The zero-order valence-electron chi connectivity index (χ0n) is 11.8. The lowest BCUT2D eigenvalue weighted by Gasteiger charge is -2.09. The van der Waals surface area contributed by atoms with Crippen molar-refractivity contribution in [3.63, 3.8) is 0 Å². The van der Waals surface area contributed by atoms with Crippen molar-refractivity contribution >= 4 is 0 Å². The first-order chi connectivity index (χ1) is 10.2. The molecular weight excluding hydrogens is 262 g/mol. The minimum atomic E-state index is -0.143. The lowest BCUT2D eigenvalue weighted by Crippen LogP contribution is -1.97. The van der Waals surface area contributed by atoms with Gasteiger partial charge in [-0.3, -0.25) is 0 Å². The van der Waals surface area contributed by atoms with E-state index in [2.05, 4.69) is 17.9 Å². The summed E-state index contributed by atoms with van der Waals surface area (Å²) in [6.45, 7) is 2.27. The standard InChI is InChI=1S/C18H15NO2/c1-14-11-15(3-2-10-20)8-9-18(14)21-13-17-6-4-16(12-19)5-7-17/h4-9,11,20H,10,13H2,1H3. The highest BCUT2D eigenvalue weighted by Crippen LogP contribution is 2.20. The maximum atomic E-state index is 8.75. The molecule has 0 unspecified atom stereocenters. The summed E-state index contributed by atoms with van der Waals surface area (Å²) in [7, 11) is 0. The average molecular weight is 277 g/mol. The normalized spacial score (nSPS) is 9.38. The summed E-state index contributed by atoms with van der Waals surface area (Å²) in [5.41, 5.74) is 3.50. The van der Waals surface area contributed by atoms with Crippen molar-refractivity contribution in [2.45, 2.75) is 13.5 Å². The van der Waals surface area contributed by atoms with Crippen LogP contribution in [-0.4, -0.2) is 11.7 Å². The molecule has 0 bridgehead atoms. The second-order valence-corrected chi connectivity index (χ2v) is 4.54. The van der Waals surface area contributed by atoms with E-state index in [0.29, 0.717) is 12.2 Å². The summed E-state index contributed by atoms with van der Waals surface area (Å²) < 4.78 is 5.78. The van der Waals surface area contributed by atoms with E-state index in [9.17, 15) is 0 Å². The van der Waals surface area contributed by atoms with E-state index in [0.717, 1.165) is 22.4 Å². The first kappa shape index (κ1) is 14.7. The second-order valence-electron chi connectivity index (χ2n) is 4.54. The smallest absolute Gasteiger partial charge is 0.122 e. The maximum Gasteiger partial charge on any atom is 0.122 e. The third kappa shape index (κ3) is 4.11. The van der Waals surface area contributed by atoms with E-state index in [1.807, 2.05) is 37.3 Å². The molecule has 104 valence electrons. The molecule has 0 saturated carbocycles. The van der Waals surface area contributed by atoms with Gasteiger partial charge in [0.15, 0.2) is 0 Å². The highest BCUT2D eigenvalue weighted by Gasteiger charge is 2.01. The number of hydrogen-bond donors (Lipinski definition) is 1. The number of hydrogen-bond acceptors (Lipinski definition) is 3. The van der Waals surface area contributed by atoms with Crippen molar-refractivity contribution in [3.05, 3.63) is 64.7 Å². The molecule has 0 aliphatic rings. The van der Waals surface area contributed by atoms with Crippen LogP contribution in [0.5, 0.6) is 5.75 Å². The number of rotatable bonds is 3. The molecule has 0 amide bonds. The summed E-state index contributed by atoms with van der Waals surface area (Å²) in [5, 5.41) is 17.4. The predicted octanol–water partition coefficient (Wildman–Crippen LogP) is 2.79. The van der Waals surface area contributed by atoms with Crippen LogP contribution in [0.15, 0.2) is 42.5 Å². The molecule has 1 N–H and O–H groups in total. The summed E-state index contributed by atoms with van der Waals surface area (Å²) in [4.78, 5) is 0. The van der Waals surface area contributed by atoms with Gasteiger partial charge in [0.05, 0.1) is 11.6 Å². The Labute approximate surface area is 124 Å². The van der Waals surface area contributed by atoms with Gasteiger partial charge < -0.3 is 9.84 Å². The van der Waals surface area contributed by atoms with Crippen molar-refractivity contribution < 1.29 is 9.84 Å². The molecule has 3 nitrogen and oxygen atoms in total. The highest BCUT2D eigenvalue weighted by molar-refractivity contribution is 5.43. The largest absolute Gasteiger partial charge is 0.489 e. The van der Waals surface area contributed by atoms with Gasteiger partial charge in [0, 0.05) is 5.56 Å². The maximum absolute atomic E-state index is 8.75. The van der Waals surface area contributed by atoms with Gasteiger partial charge in [0.1, 0.15) is 19.0 Å². The van der Waals surface area contributed by atoms with Gasteiger partial charge in [-0.05, 0) is 48.4 Å². The SMILES string of the molecule is Cc1cc(C#CCO)ccc1OCc1ccc(C#N)cc1. The van der Waals surface area contributed by atoms with Crippen molar-refractivity contribution in [1.82, 2.24) is 0 Å². The minimum absolute atomic E-state index is 0.143. The zero-order chi connectivity index (χ0) is 15.1. The molecule has 0 saturated heterocycles. The molecule has 0 aromatic heterocycles. The van der Waals surface area contributed by atoms with Crippen LogP contribution >= 0.6 is 0 Å². The van der Waals surface area contributed by atoms with Crippen LogP contribution in [-0.2, 0) is 6.61 Å². The van der Waals surface area contributed by atoms with Gasteiger partial charge in [0.25, 0.3) is 0 Å². The molecule has 2 rings (SSSR count). The second kappa shape index (κ2) is 7.14. The number of nitrogens with zero attached hydrogens (tertiary/aromatic N) is 1. The van der Waals surface area contributed by atoms with Gasteiger partial charge in [-0.1, -0.05) is 24.0 Å². The van der Waals surface area contributed by atoms with Crippen LogP contribution < -0.4 is 4.74 Å². The zero-order valence-corrected chi connectivity index (χ0v) is 11.8. The van der Waals surface area contributed by atoms with Gasteiger partial charge in [-0.2, -0.15) is 5.26 Å². The van der Waals surface area contributed by atoms with Crippen LogP contribution in [0.25, 0.3) is 0 Å². The van der Waals surface area contributed by atoms with Crippen molar-refractivity contribution in [2.75, 3.05) is 6.61 Å². The molecule has 0 fully saturated rings. The van der Waals surface area contributed by atoms with Gasteiger partial charge in [-0.15, -0.1) is 0 Å². The lowest BCUT2D eigenvalue weighted by molar-refractivity contribution is 0.304. The Morgan fingerprint density at radius 1 is 1.10 bits per heavy atom. The third-order valence-electron chi connectivity index (χ3n) is 2.96. The molecule has 0 aliphatic heterocycles. The lowest BCUT2D eigenvalue weighted by atomic mass is 10.1. The van der Waals surface area contributed by atoms with Crippen LogP contribution in [0.1, 0.15) is 22.3 Å². The van der Waals surface area contributed by atoms with Crippen molar-refractivity contribution in [1.29, 1.82) is 5.26 Å². The Hall–Kier alpha value is -2.75. The number of ether oxygens (including phenoxy) is 1. The number of nitriles is 1. The summed E-state index contributed by atoms with van der Waals surface area (Å²) in [6, 6.07) is 15.1. The van der Waals surface area contributed by atoms with Crippen molar-refractivity contribution in [3.8, 4) is 23.7 Å². The number of aliphatic hydroxyl groups is 1. The monoisotopic (exact) mass is 277 g/mol. The molecule has 21 heavy (non-hydrogen) atoms. The van der Waals surface area contributed by atoms with E-state index >= 15 is 0 Å². The van der Waals surface area contributed by atoms with E-state index < -0.39 is 0 Å². The van der Waals surface area contributed by atoms with Crippen molar-refractivity contribution in [2.24, 2.45) is 0 Å². The first-order valence-corrected chi connectivity index (χ1v) is 6.55. The molecule has 2 aromatic carbocycles. The quantitative estimate of drug-likeness (QED) is 0.878. The molecule has 0 radical (unpaired) electrons. The molecule has 0 spiro atoms. The number of aliphatic hydroxyl groups excluding tert-OH is 1. The van der Waals surface area contributed by atoms with Crippen LogP contribution in [0, 0.1) is 30.1 Å². The first-order valence-electron chi connectivity index (χ1n) is 6.55. The third-order valence-corrected chi connectivity index (χ3v) is 2.96. The Kier molecular flexibility index (Phi) is 4.99. The predicted molar refractivity (Wildman–Crippen MR) is 80.6 cm³/mol. The number of benzene rings is 2. The van der Waals surface area contributed by atoms with Crippen LogP contribution in [0.2, 0.25) is 0 Å². The molecule has 0 heterocycles. The Bertz CT molecular complexity index is 716. The fourth-order valence-corrected chi connectivity index (χ4v) is 1.87. The van der Waals surface area contributed by atoms with E-state index in [-0.39, 0.29) is 6.61 Å². The fraction of sp³-hybridized carbons (Fsp3) is 0.167. The molecule has 3 heteroatoms. The van der Waals surface area contributed by atoms with E-state index in [4.69, 9.17) is 15.1 Å². The Morgan fingerprint density at radius 3 is 2.43 bits per heavy atom. The highest BCUT2D eigenvalue weighted by atomic mass is 16.5. The Balaban J connectivity index is 2.04. The molecule has 0 aliphatic carbocycles. The Morgan fingerprint density at radius 2 is 1.81 bits per heavy atom. The molecular formula is C18H15NO2. The van der Waals surface area contributed by atoms with E-state index in [1.54, 1.807) is 12.1 Å². The van der Waals surface area contributed by atoms with Crippen LogP contribution in [0.4, 0.5) is 0 Å². The number of aryl methyl sites for hydroxylation is 1.